The van der Waals surface area contributed by atoms with Gasteiger partial charge in [0.25, 0.3) is 5.91 Å². The highest BCUT2D eigenvalue weighted by Crippen LogP contribution is 2.24. The Morgan fingerprint density at radius 2 is 2.17 bits per heavy atom. The molecule has 0 spiro atoms. The van der Waals surface area contributed by atoms with Crippen molar-refractivity contribution in [2.75, 3.05) is 13.7 Å². The number of hydrogen-bond donors (Lipinski definition) is 3. The summed E-state index contributed by atoms with van der Waals surface area (Å²) < 4.78 is 4.96. The van der Waals surface area contributed by atoms with E-state index in [4.69, 9.17) is 10.5 Å². The number of phenolic OH excluding ortho intramolecular Hbond substituents is 1. The van der Waals surface area contributed by atoms with Crippen LogP contribution in [0.25, 0.3) is 0 Å². The Morgan fingerprint density at radius 3 is 2.67 bits per heavy atom. The number of rotatable bonds is 5. The molecule has 1 amide bonds. The van der Waals surface area contributed by atoms with Crippen LogP contribution in [0.15, 0.2) is 18.2 Å². The van der Waals surface area contributed by atoms with Crippen LogP contribution in [0.3, 0.4) is 0 Å². The summed E-state index contributed by atoms with van der Waals surface area (Å²) in [6.45, 7) is 4.26. The molecule has 0 bridgehead atoms. The van der Waals surface area contributed by atoms with Crippen molar-refractivity contribution in [1.82, 2.24) is 5.32 Å². The zero-order valence-electron chi connectivity index (χ0n) is 11.0. The first-order chi connectivity index (χ1) is 8.39. The number of amides is 1. The lowest BCUT2D eigenvalue weighted by molar-refractivity contribution is 0.0907. The van der Waals surface area contributed by atoms with Crippen molar-refractivity contribution in [3.8, 4) is 11.5 Å². The molecule has 1 rings (SSSR count). The van der Waals surface area contributed by atoms with Crippen molar-refractivity contribution in [2.45, 2.75) is 25.8 Å². The van der Waals surface area contributed by atoms with Crippen LogP contribution in [0.1, 0.15) is 30.6 Å². The number of nitrogens with one attached hydrogen (secondary N) is 1. The van der Waals surface area contributed by atoms with Crippen LogP contribution in [0.2, 0.25) is 0 Å². The molecule has 0 fully saturated rings. The Bertz CT molecular complexity index is 430. The predicted molar refractivity (Wildman–Crippen MR) is 69.9 cm³/mol. The van der Waals surface area contributed by atoms with Crippen molar-refractivity contribution < 1.29 is 14.6 Å². The Hall–Kier alpha value is -1.75. The first-order valence-corrected chi connectivity index (χ1v) is 5.79. The molecule has 0 unspecified atom stereocenters. The average Bonchev–Trinajstić information content (AvgIpc) is 2.27. The Balaban J connectivity index is 2.85. The topological polar surface area (TPSA) is 84.6 Å². The second-order valence-electron chi connectivity index (χ2n) is 4.76. The maximum Gasteiger partial charge on any atom is 0.255 e. The summed E-state index contributed by atoms with van der Waals surface area (Å²) in [7, 11) is 1.50. The van der Waals surface area contributed by atoms with E-state index in [1.165, 1.54) is 19.2 Å². The second-order valence-corrected chi connectivity index (χ2v) is 4.76. The van der Waals surface area contributed by atoms with Crippen LogP contribution in [0.4, 0.5) is 0 Å². The summed E-state index contributed by atoms with van der Waals surface area (Å²) in [5, 5.41) is 12.6. The lowest BCUT2D eigenvalue weighted by Gasteiger charge is -2.25. The molecule has 5 heteroatoms. The summed E-state index contributed by atoms with van der Waals surface area (Å²) in [6, 6.07) is 4.57. The predicted octanol–water partition coefficient (Wildman–Crippen LogP) is 1.26. The van der Waals surface area contributed by atoms with Gasteiger partial charge in [-0.25, -0.2) is 0 Å². The van der Waals surface area contributed by atoms with Crippen LogP contribution in [-0.2, 0) is 0 Å². The van der Waals surface area contributed by atoms with Gasteiger partial charge in [-0.3, -0.25) is 4.79 Å². The molecule has 0 aliphatic carbocycles. The number of benzene rings is 1. The molecule has 0 atom stereocenters. The first-order valence-electron chi connectivity index (χ1n) is 5.79. The molecule has 1 aromatic carbocycles. The van der Waals surface area contributed by atoms with E-state index in [-0.39, 0.29) is 17.2 Å². The first kappa shape index (κ1) is 14.3. The molecule has 0 aliphatic heterocycles. The highest BCUT2D eigenvalue weighted by atomic mass is 16.5. The molecule has 5 nitrogen and oxygen atoms in total. The van der Waals surface area contributed by atoms with Gasteiger partial charge in [0, 0.05) is 11.6 Å². The zero-order valence-corrected chi connectivity index (χ0v) is 11.0. The van der Waals surface area contributed by atoms with Crippen molar-refractivity contribution in [1.29, 1.82) is 0 Å². The van der Waals surface area contributed by atoms with E-state index in [0.29, 0.717) is 18.7 Å². The maximum absolute atomic E-state index is 12.0. The average molecular weight is 252 g/mol. The van der Waals surface area contributed by atoms with Gasteiger partial charge in [0.1, 0.15) is 11.5 Å². The molecule has 0 aromatic heterocycles. The number of phenols is 1. The summed E-state index contributed by atoms with van der Waals surface area (Å²) in [5.41, 5.74) is 5.30. The SMILES string of the molecule is COc1ccc(C(=O)NC(C)(C)CCN)c(O)c1. The maximum atomic E-state index is 12.0. The number of methoxy groups -OCH3 is 1. The fourth-order valence-electron chi connectivity index (χ4n) is 1.63. The fourth-order valence-corrected chi connectivity index (χ4v) is 1.63. The normalized spacial score (nSPS) is 11.1. The number of carbonyl (C=O) groups is 1. The molecular weight excluding hydrogens is 232 g/mol. The second kappa shape index (κ2) is 5.73. The quantitative estimate of drug-likeness (QED) is 0.736. The smallest absolute Gasteiger partial charge is 0.255 e. The van der Waals surface area contributed by atoms with Crippen molar-refractivity contribution in [2.24, 2.45) is 5.73 Å². The van der Waals surface area contributed by atoms with Gasteiger partial charge in [-0.15, -0.1) is 0 Å². The number of nitrogens with two attached hydrogens (primary N) is 1. The number of carbonyl (C=O) groups excluding carboxylic acids is 1. The summed E-state index contributed by atoms with van der Waals surface area (Å²) in [6.07, 6.45) is 0.662. The third kappa shape index (κ3) is 3.63. The minimum atomic E-state index is -0.405. The van der Waals surface area contributed by atoms with Crippen LogP contribution in [0.5, 0.6) is 11.5 Å². The lowest BCUT2D eigenvalue weighted by Crippen LogP contribution is -2.44. The summed E-state index contributed by atoms with van der Waals surface area (Å²) in [5.74, 6) is 0.0780. The lowest BCUT2D eigenvalue weighted by atomic mass is 10.00. The van der Waals surface area contributed by atoms with Gasteiger partial charge >= 0.3 is 0 Å². The van der Waals surface area contributed by atoms with Gasteiger partial charge in [-0.05, 0) is 38.9 Å². The monoisotopic (exact) mass is 252 g/mol. The van der Waals surface area contributed by atoms with Crippen LogP contribution < -0.4 is 15.8 Å². The van der Waals surface area contributed by atoms with Crippen LogP contribution in [0, 0.1) is 0 Å². The largest absolute Gasteiger partial charge is 0.507 e. The molecule has 0 radical (unpaired) electrons. The molecule has 0 saturated carbocycles. The molecule has 4 N–H and O–H groups in total. The van der Waals surface area contributed by atoms with Gasteiger partial charge in [-0.1, -0.05) is 0 Å². The van der Waals surface area contributed by atoms with E-state index >= 15 is 0 Å². The number of ether oxygens (including phenoxy) is 1. The Labute approximate surface area is 107 Å². The molecular formula is C13H20N2O3. The third-order valence-electron chi connectivity index (χ3n) is 2.67. The molecule has 100 valence electrons. The van der Waals surface area contributed by atoms with Crippen LogP contribution >= 0.6 is 0 Å². The minimum absolute atomic E-state index is 0.101. The number of aromatic hydroxyl groups is 1. The van der Waals surface area contributed by atoms with Crippen molar-refractivity contribution in [3.63, 3.8) is 0 Å². The summed E-state index contributed by atoms with van der Waals surface area (Å²) >= 11 is 0. The van der Waals surface area contributed by atoms with E-state index in [0.717, 1.165) is 0 Å². The number of hydrogen-bond acceptors (Lipinski definition) is 4. The van der Waals surface area contributed by atoms with E-state index in [2.05, 4.69) is 5.32 Å². The van der Waals surface area contributed by atoms with Gasteiger partial charge in [0.15, 0.2) is 0 Å². The van der Waals surface area contributed by atoms with Gasteiger partial charge in [0.05, 0.1) is 12.7 Å². The van der Waals surface area contributed by atoms with Crippen molar-refractivity contribution in [3.05, 3.63) is 23.8 Å². The standard InChI is InChI=1S/C13H20N2O3/c1-13(2,6-7-14)15-12(17)10-5-4-9(18-3)8-11(10)16/h4-5,8,16H,6-7,14H2,1-3H3,(H,15,17). The molecule has 0 heterocycles. The van der Waals surface area contributed by atoms with E-state index in [9.17, 15) is 9.90 Å². The highest BCUT2D eigenvalue weighted by Gasteiger charge is 2.21. The third-order valence-corrected chi connectivity index (χ3v) is 2.67. The van der Waals surface area contributed by atoms with Crippen LogP contribution in [-0.4, -0.2) is 30.2 Å². The van der Waals surface area contributed by atoms with Crippen molar-refractivity contribution >= 4 is 5.91 Å². The van der Waals surface area contributed by atoms with E-state index in [1.807, 2.05) is 13.8 Å². The van der Waals surface area contributed by atoms with E-state index < -0.39 is 5.54 Å². The minimum Gasteiger partial charge on any atom is -0.507 e. The molecule has 18 heavy (non-hydrogen) atoms. The zero-order chi connectivity index (χ0) is 13.8. The van der Waals surface area contributed by atoms with Gasteiger partial charge in [-0.2, -0.15) is 0 Å². The molecule has 0 aliphatic rings. The summed E-state index contributed by atoms with van der Waals surface area (Å²) in [4.78, 5) is 12.0. The van der Waals surface area contributed by atoms with Gasteiger partial charge in [0.2, 0.25) is 0 Å². The fraction of sp³-hybridized carbons (Fsp3) is 0.462. The van der Waals surface area contributed by atoms with Gasteiger partial charge < -0.3 is 20.9 Å². The Kier molecular flexibility index (Phi) is 4.55. The highest BCUT2D eigenvalue weighted by molar-refractivity contribution is 5.97. The Morgan fingerprint density at radius 1 is 1.50 bits per heavy atom. The van der Waals surface area contributed by atoms with E-state index in [1.54, 1.807) is 6.07 Å². The molecule has 0 saturated heterocycles. The molecule has 1 aromatic rings.